The predicted molar refractivity (Wildman–Crippen MR) is 85.0 cm³/mol. The van der Waals surface area contributed by atoms with E-state index in [-0.39, 0.29) is 25.6 Å². The first-order valence-electron chi connectivity index (χ1n) is 7.23. The van der Waals surface area contributed by atoms with E-state index in [1.165, 1.54) is 0 Å². The summed E-state index contributed by atoms with van der Waals surface area (Å²) < 4.78 is 78.7. The summed E-state index contributed by atoms with van der Waals surface area (Å²) in [6, 6.07) is 2.86. The fourth-order valence-corrected chi connectivity index (χ4v) is 4.81. The Hall–Kier alpha value is -1.36. The molecule has 1 aromatic carbocycles. The van der Waals surface area contributed by atoms with Gasteiger partial charge in [-0.3, -0.25) is 0 Å². The zero-order valence-electron chi connectivity index (χ0n) is 12.8. The normalized spacial score (nSPS) is 20.0. The van der Waals surface area contributed by atoms with E-state index in [4.69, 9.17) is 0 Å². The van der Waals surface area contributed by atoms with Crippen molar-refractivity contribution in [2.24, 2.45) is 5.92 Å². The number of hydrogen-bond donors (Lipinski definition) is 1. The van der Waals surface area contributed by atoms with E-state index in [1.54, 1.807) is 0 Å². The highest BCUT2D eigenvalue weighted by atomic mass is 32.2. The number of hydrogen-bond acceptors (Lipinski definition) is 4. The van der Waals surface area contributed by atoms with E-state index in [0.29, 0.717) is 12.8 Å². The van der Waals surface area contributed by atoms with Gasteiger partial charge in [0.25, 0.3) is 0 Å². The molecule has 1 saturated heterocycles. The molecule has 1 aliphatic heterocycles. The van der Waals surface area contributed by atoms with Crippen LogP contribution in [0.2, 0.25) is 0 Å². The number of benzene rings is 1. The molecule has 1 aromatic rings. The number of halogens is 2. The maximum Gasteiger partial charge on any atom is 0.248 e. The second kappa shape index (κ2) is 7.26. The fraction of sp³-hybridized carbons (Fsp3) is 0.429. The van der Waals surface area contributed by atoms with Crippen molar-refractivity contribution in [3.63, 3.8) is 0 Å². The minimum Gasteiger partial charge on any atom is -0.211 e. The summed E-state index contributed by atoms with van der Waals surface area (Å²) in [6.45, 7) is 3.30. The lowest BCUT2D eigenvalue weighted by Gasteiger charge is -2.32. The van der Waals surface area contributed by atoms with Crippen LogP contribution in [0.3, 0.4) is 0 Å². The summed E-state index contributed by atoms with van der Waals surface area (Å²) in [4.78, 5) is -0.975. The van der Waals surface area contributed by atoms with Gasteiger partial charge in [-0.2, -0.15) is 4.31 Å². The van der Waals surface area contributed by atoms with E-state index in [0.717, 1.165) is 27.9 Å². The number of sulfonamides is 2. The molecule has 1 aliphatic rings. The Balaban J connectivity index is 2.18. The molecule has 1 atom stereocenters. The lowest BCUT2D eigenvalue weighted by Crippen LogP contribution is -2.43. The molecule has 0 spiro atoms. The molecule has 0 aliphatic carbocycles. The Labute approximate surface area is 140 Å². The molecule has 1 unspecified atom stereocenters. The van der Waals surface area contributed by atoms with E-state index in [9.17, 15) is 25.6 Å². The molecule has 0 aromatic heterocycles. The zero-order valence-corrected chi connectivity index (χ0v) is 14.4. The Morgan fingerprint density at radius 1 is 1.25 bits per heavy atom. The van der Waals surface area contributed by atoms with Crippen molar-refractivity contribution in [3.8, 4) is 0 Å². The van der Waals surface area contributed by atoms with Gasteiger partial charge in [0.2, 0.25) is 20.0 Å². The molecular formula is C14H18F2N2O4S2. The van der Waals surface area contributed by atoms with Crippen LogP contribution in [0.25, 0.3) is 0 Å². The van der Waals surface area contributed by atoms with Gasteiger partial charge in [0.05, 0.1) is 0 Å². The SMILES string of the molecule is C=CS(=O)(=O)NCC1CCCN(S(=O)(=O)c2c(F)cccc2F)C1. The van der Waals surface area contributed by atoms with Crippen LogP contribution in [-0.4, -0.2) is 40.8 Å². The molecule has 1 fully saturated rings. The maximum atomic E-state index is 13.8. The number of nitrogens with one attached hydrogen (secondary N) is 1. The minimum atomic E-state index is -4.33. The Morgan fingerprint density at radius 2 is 1.88 bits per heavy atom. The van der Waals surface area contributed by atoms with Gasteiger partial charge < -0.3 is 0 Å². The summed E-state index contributed by atoms with van der Waals surface area (Å²) in [5.74, 6) is -2.59. The first-order valence-corrected chi connectivity index (χ1v) is 10.2. The quantitative estimate of drug-likeness (QED) is 0.809. The number of rotatable bonds is 6. The molecule has 6 nitrogen and oxygen atoms in total. The molecule has 134 valence electrons. The predicted octanol–water partition coefficient (Wildman–Crippen LogP) is 1.43. The molecular weight excluding hydrogens is 362 g/mol. The van der Waals surface area contributed by atoms with Crippen LogP contribution in [-0.2, 0) is 20.0 Å². The molecule has 10 heteroatoms. The average Bonchev–Trinajstić information content (AvgIpc) is 2.53. The molecule has 0 saturated carbocycles. The van der Waals surface area contributed by atoms with Gasteiger partial charge in [-0.1, -0.05) is 12.6 Å². The lowest BCUT2D eigenvalue weighted by atomic mass is 10.0. The summed E-state index contributed by atoms with van der Waals surface area (Å²) in [6.07, 6.45) is 1.07. The number of piperidine rings is 1. The fourth-order valence-electron chi connectivity index (χ4n) is 2.56. The van der Waals surface area contributed by atoms with Crippen LogP contribution in [0.15, 0.2) is 35.1 Å². The van der Waals surface area contributed by atoms with Crippen LogP contribution in [0.1, 0.15) is 12.8 Å². The average molecular weight is 380 g/mol. The van der Waals surface area contributed by atoms with Gasteiger partial charge in [-0.05, 0) is 30.9 Å². The van der Waals surface area contributed by atoms with E-state index in [2.05, 4.69) is 11.3 Å². The molecule has 0 radical (unpaired) electrons. The second-order valence-corrected chi connectivity index (χ2v) is 9.07. The summed E-state index contributed by atoms with van der Waals surface area (Å²) in [7, 11) is -7.94. The van der Waals surface area contributed by atoms with Crippen LogP contribution >= 0.6 is 0 Å². The third-order valence-corrected chi connectivity index (χ3v) is 6.72. The topological polar surface area (TPSA) is 83.6 Å². The minimum absolute atomic E-state index is 0.0181. The molecule has 1 N–H and O–H groups in total. The summed E-state index contributed by atoms with van der Waals surface area (Å²) in [5.41, 5.74) is 0. The second-order valence-electron chi connectivity index (χ2n) is 5.48. The van der Waals surface area contributed by atoms with Crippen LogP contribution in [0.4, 0.5) is 8.78 Å². The molecule has 24 heavy (non-hydrogen) atoms. The van der Waals surface area contributed by atoms with Crippen molar-refractivity contribution < 1.29 is 25.6 Å². The monoisotopic (exact) mass is 380 g/mol. The first-order chi connectivity index (χ1) is 11.2. The third-order valence-electron chi connectivity index (χ3n) is 3.79. The standard InChI is InChI=1S/C14H18F2N2O4S2/c1-2-23(19,20)17-9-11-5-4-8-18(10-11)24(21,22)14-12(15)6-3-7-13(14)16/h2-3,6-7,11,17H,1,4-5,8-10H2. The highest BCUT2D eigenvalue weighted by Crippen LogP contribution is 2.27. The van der Waals surface area contributed by atoms with Crippen LogP contribution < -0.4 is 4.72 Å². The highest BCUT2D eigenvalue weighted by Gasteiger charge is 2.34. The summed E-state index contributed by atoms with van der Waals surface area (Å²) in [5, 5.41) is 0.763. The van der Waals surface area contributed by atoms with Gasteiger partial charge in [0.15, 0.2) is 4.90 Å². The van der Waals surface area contributed by atoms with E-state index >= 15 is 0 Å². The summed E-state index contributed by atoms with van der Waals surface area (Å²) >= 11 is 0. The molecule has 0 bridgehead atoms. The van der Waals surface area contributed by atoms with Crippen molar-refractivity contribution in [2.75, 3.05) is 19.6 Å². The third kappa shape index (κ3) is 4.18. The van der Waals surface area contributed by atoms with E-state index < -0.39 is 36.6 Å². The lowest BCUT2D eigenvalue weighted by molar-refractivity contribution is 0.266. The van der Waals surface area contributed by atoms with Gasteiger partial charge >= 0.3 is 0 Å². The Bertz CT molecular complexity index is 805. The van der Waals surface area contributed by atoms with Crippen molar-refractivity contribution >= 4 is 20.0 Å². The van der Waals surface area contributed by atoms with Crippen LogP contribution in [0.5, 0.6) is 0 Å². The van der Waals surface area contributed by atoms with Gasteiger partial charge in [0, 0.05) is 25.0 Å². The largest absolute Gasteiger partial charge is 0.248 e. The first kappa shape index (κ1) is 19.0. The van der Waals surface area contributed by atoms with Gasteiger partial charge in [0.1, 0.15) is 11.6 Å². The molecule has 1 heterocycles. The highest BCUT2D eigenvalue weighted by molar-refractivity contribution is 7.92. The van der Waals surface area contributed by atoms with Crippen molar-refractivity contribution in [1.82, 2.24) is 9.03 Å². The van der Waals surface area contributed by atoms with E-state index in [1.807, 2.05) is 0 Å². The van der Waals surface area contributed by atoms with Gasteiger partial charge in [-0.25, -0.2) is 30.3 Å². The Kier molecular flexibility index (Phi) is 5.74. The number of nitrogens with zero attached hydrogens (tertiary/aromatic N) is 1. The van der Waals surface area contributed by atoms with Crippen molar-refractivity contribution in [2.45, 2.75) is 17.7 Å². The Morgan fingerprint density at radius 3 is 2.46 bits per heavy atom. The molecule has 2 rings (SSSR count). The zero-order chi connectivity index (χ0) is 18.0. The van der Waals surface area contributed by atoms with Gasteiger partial charge in [-0.15, -0.1) is 0 Å². The van der Waals surface area contributed by atoms with Crippen molar-refractivity contribution in [1.29, 1.82) is 0 Å². The van der Waals surface area contributed by atoms with Crippen molar-refractivity contribution in [3.05, 3.63) is 41.8 Å². The smallest absolute Gasteiger partial charge is 0.211 e. The molecule has 0 amide bonds. The van der Waals surface area contributed by atoms with Crippen LogP contribution in [0, 0.1) is 17.6 Å². The maximum absolute atomic E-state index is 13.8.